The van der Waals surface area contributed by atoms with Crippen molar-refractivity contribution in [2.24, 2.45) is 5.73 Å². The molecule has 2 amide bonds. The average Bonchev–Trinajstić information content (AvgIpc) is 2.35. The Bertz CT molecular complexity index is 326. The largest absolute Gasteiger partial charge is 0.388 e. The molecule has 1 saturated heterocycles. The van der Waals surface area contributed by atoms with E-state index < -0.39 is 18.3 Å². The molecule has 1 rings (SSSR count). The third-order valence-electron chi connectivity index (χ3n) is 2.79. The predicted octanol–water partition coefficient (Wildman–Crippen LogP) is -1.97. The van der Waals surface area contributed by atoms with Crippen molar-refractivity contribution in [3.8, 4) is 0 Å². The molecule has 0 aromatic rings. The fourth-order valence-corrected chi connectivity index (χ4v) is 1.89. The molecule has 0 bridgehead atoms. The lowest BCUT2D eigenvalue weighted by Gasteiger charge is -2.27. The van der Waals surface area contributed by atoms with E-state index in [1.54, 1.807) is 7.05 Å². The van der Waals surface area contributed by atoms with E-state index in [1.807, 2.05) is 0 Å². The Labute approximate surface area is 118 Å². The molecule has 0 radical (unpaired) electrons. The van der Waals surface area contributed by atoms with Crippen LogP contribution in [0.25, 0.3) is 0 Å². The number of rotatable bonds is 8. The van der Waals surface area contributed by atoms with E-state index in [0.29, 0.717) is 19.6 Å². The summed E-state index contributed by atoms with van der Waals surface area (Å²) in [5.41, 5.74) is 5.02. The first kappa shape index (κ1) is 16.8. The minimum Gasteiger partial charge on any atom is -0.388 e. The zero-order chi connectivity index (χ0) is 15.0. The van der Waals surface area contributed by atoms with Gasteiger partial charge < -0.3 is 25.6 Å². The highest BCUT2D eigenvalue weighted by Gasteiger charge is 2.24. The Hall–Kier alpha value is -1.22. The van der Waals surface area contributed by atoms with Gasteiger partial charge in [-0.2, -0.15) is 0 Å². The molecule has 0 spiro atoms. The van der Waals surface area contributed by atoms with Gasteiger partial charge in [-0.1, -0.05) is 0 Å². The number of aliphatic hydroxyl groups is 1. The number of hydrogen-bond donors (Lipinski definition) is 3. The van der Waals surface area contributed by atoms with Gasteiger partial charge in [0.1, 0.15) is 6.10 Å². The van der Waals surface area contributed by atoms with Gasteiger partial charge in [0.05, 0.1) is 19.7 Å². The van der Waals surface area contributed by atoms with Gasteiger partial charge in [-0.05, 0) is 19.9 Å². The van der Waals surface area contributed by atoms with Crippen LogP contribution in [0.15, 0.2) is 0 Å². The van der Waals surface area contributed by atoms with Crippen LogP contribution >= 0.6 is 0 Å². The number of likely N-dealkylation sites (N-methyl/N-ethyl adjacent to an activating group) is 1. The van der Waals surface area contributed by atoms with Crippen molar-refractivity contribution >= 4 is 11.8 Å². The van der Waals surface area contributed by atoms with Crippen LogP contribution in [0.5, 0.6) is 0 Å². The summed E-state index contributed by atoms with van der Waals surface area (Å²) >= 11 is 0. The molecular weight excluding hydrogens is 266 g/mol. The molecule has 0 aromatic heterocycles. The quantitative estimate of drug-likeness (QED) is 0.447. The number of nitrogens with two attached hydrogens (primary N) is 1. The minimum absolute atomic E-state index is 0.0338. The van der Waals surface area contributed by atoms with Crippen LogP contribution in [0.4, 0.5) is 0 Å². The first-order chi connectivity index (χ1) is 9.49. The van der Waals surface area contributed by atoms with Gasteiger partial charge in [-0.15, -0.1) is 0 Å². The zero-order valence-electron chi connectivity index (χ0n) is 11.7. The van der Waals surface area contributed by atoms with Gasteiger partial charge in [-0.25, -0.2) is 0 Å². The van der Waals surface area contributed by atoms with Crippen molar-refractivity contribution in [3.63, 3.8) is 0 Å². The van der Waals surface area contributed by atoms with Gasteiger partial charge in [0.25, 0.3) is 0 Å². The molecule has 8 heteroatoms. The van der Waals surface area contributed by atoms with Crippen molar-refractivity contribution < 1.29 is 24.2 Å². The molecule has 0 aromatic carbocycles. The highest BCUT2D eigenvalue weighted by molar-refractivity contribution is 5.80. The zero-order valence-corrected chi connectivity index (χ0v) is 11.7. The van der Waals surface area contributed by atoms with Gasteiger partial charge in [0.2, 0.25) is 11.8 Å². The van der Waals surface area contributed by atoms with Crippen molar-refractivity contribution in [1.82, 2.24) is 10.2 Å². The monoisotopic (exact) mass is 289 g/mol. The minimum atomic E-state index is -0.613. The van der Waals surface area contributed by atoms with Crippen LogP contribution in [-0.2, 0) is 19.1 Å². The molecule has 20 heavy (non-hydrogen) atoms. The smallest absolute Gasteiger partial charge is 0.234 e. The van der Waals surface area contributed by atoms with Crippen LogP contribution in [0.1, 0.15) is 12.8 Å². The number of carbonyl (C=O) groups excluding carboxylic acids is 2. The lowest BCUT2D eigenvalue weighted by molar-refractivity contribution is -0.213. The number of aliphatic hydroxyl groups excluding tert-OH is 1. The average molecular weight is 289 g/mol. The summed E-state index contributed by atoms with van der Waals surface area (Å²) in [6, 6.07) is 0. The van der Waals surface area contributed by atoms with Crippen molar-refractivity contribution in [2.45, 2.75) is 25.2 Å². The van der Waals surface area contributed by atoms with Gasteiger partial charge in [-0.3, -0.25) is 14.5 Å². The first-order valence-corrected chi connectivity index (χ1v) is 6.64. The van der Waals surface area contributed by atoms with Crippen LogP contribution in [-0.4, -0.2) is 74.1 Å². The highest BCUT2D eigenvalue weighted by atomic mass is 16.7. The lowest BCUT2D eigenvalue weighted by atomic mass is 10.1. The van der Waals surface area contributed by atoms with E-state index in [2.05, 4.69) is 5.32 Å². The van der Waals surface area contributed by atoms with Gasteiger partial charge in [0, 0.05) is 13.2 Å². The first-order valence-electron chi connectivity index (χ1n) is 6.64. The number of ether oxygens (including phenoxy) is 2. The number of amides is 2. The molecule has 8 nitrogen and oxygen atoms in total. The molecule has 4 N–H and O–H groups in total. The summed E-state index contributed by atoms with van der Waals surface area (Å²) in [4.78, 5) is 23.7. The Kier molecular flexibility index (Phi) is 7.45. The second kappa shape index (κ2) is 8.85. The van der Waals surface area contributed by atoms with Crippen molar-refractivity contribution in [3.05, 3.63) is 0 Å². The Morgan fingerprint density at radius 1 is 1.50 bits per heavy atom. The topological polar surface area (TPSA) is 114 Å². The number of hydrogen-bond acceptors (Lipinski definition) is 6. The van der Waals surface area contributed by atoms with Gasteiger partial charge in [0.15, 0.2) is 6.29 Å². The van der Waals surface area contributed by atoms with E-state index >= 15 is 0 Å². The molecule has 1 fully saturated rings. The third-order valence-corrected chi connectivity index (χ3v) is 2.79. The standard InChI is InChI=1S/C12H23N3O5/c1-15(7-10(13)17)8-11(18)14-4-6-20-12-9(16)3-2-5-19-12/h9,12,16H,2-8H2,1H3,(H2,13,17)(H,14,18). The molecule has 116 valence electrons. The number of nitrogens with zero attached hydrogens (tertiary/aromatic N) is 1. The van der Waals surface area contributed by atoms with Crippen LogP contribution < -0.4 is 11.1 Å². The van der Waals surface area contributed by atoms with E-state index in [4.69, 9.17) is 15.2 Å². The maximum Gasteiger partial charge on any atom is 0.234 e. The highest BCUT2D eigenvalue weighted by Crippen LogP contribution is 2.14. The Morgan fingerprint density at radius 3 is 2.90 bits per heavy atom. The molecule has 2 atom stereocenters. The van der Waals surface area contributed by atoms with Crippen molar-refractivity contribution in [2.75, 3.05) is 39.9 Å². The molecule has 0 aliphatic carbocycles. The normalized spacial score (nSPS) is 22.8. The van der Waals surface area contributed by atoms with Gasteiger partial charge >= 0.3 is 0 Å². The second-order valence-electron chi connectivity index (χ2n) is 4.81. The summed E-state index contributed by atoms with van der Waals surface area (Å²) in [7, 11) is 1.63. The summed E-state index contributed by atoms with van der Waals surface area (Å²) in [5, 5.41) is 12.2. The molecule has 1 aliphatic rings. The van der Waals surface area contributed by atoms with Crippen LogP contribution in [0, 0.1) is 0 Å². The molecule has 2 unspecified atom stereocenters. The molecule has 0 saturated carbocycles. The maximum atomic E-state index is 11.5. The molecule has 1 aliphatic heterocycles. The summed E-state index contributed by atoms with van der Waals surface area (Å²) in [5.74, 6) is -0.700. The van der Waals surface area contributed by atoms with E-state index in [-0.39, 0.29) is 25.6 Å². The van der Waals surface area contributed by atoms with Crippen LogP contribution in [0.3, 0.4) is 0 Å². The SMILES string of the molecule is CN(CC(N)=O)CC(=O)NCCOC1OCCCC1O. The fourth-order valence-electron chi connectivity index (χ4n) is 1.89. The fraction of sp³-hybridized carbons (Fsp3) is 0.833. The molecular formula is C12H23N3O5. The summed E-state index contributed by atoms with van der Waals surface area (Å²) in [6.45, 7) is 1.27. The lowest BCUT2D eigenvalue weighted by Crippen LogP contribution is -2.41. The van der Waals surface area contributed by atoms with E-state index in [9.17, 15) is 14.7 Å². The number of nitrogens with one attached hydrogen (secondary N) is 1. The summed E-state index contributed by atoms with van der Waals surface area (Å²) in [6.07, 6.45) is 0.262. The number of primary amides is 1. The van der Waals surface area contributed by atoms with E-state index in [1.165, 1.54) is 4.90 Å². The summed E-state index contributed by atoms with van der Waals surface area (Å²) < 4.78 is 10.6. The van der Waals surface area contributed by atoms with Crippen molar-refractivity contribution in [1.29, 1.82) is 0 Å². The third kappa shape index (κ3) is 6.80. The second-order valence-corrected chi connectivity index (χ2v) is 4.81. The maximum absolute atomic E-state index is 11.5. The predicted molar refractivity (Wildman–Crippen MR) is 70.6 cm³/mol. The molecule has 1 heterocycles. The van der Waals surface area contributed by atoms with E-state index in [0.717, 1.165) is 6.42 Å². The Morgan fingerprint density at radius 2 is 2.25 bits per heavy atom. The van der Waals surface area contributed by atoms with Crippen LogP contribution in [0.2, 0.25) is 0 Å². The number of carbonyl (C=O) groups is 2. The Balaban J connectivity index is 2.08.